The van der Waals surface area contributed by atoms with E-state index in [4.69, 9.17) is 5.11 Å². The van der Waals surface area contributed by atoms with E-state index in [9.17, 15) is 9.59 Å². The number of aliphatic carboxylic acids is 1. The summed E-state index contributed by atoms with van der Waals surface area (Å²) in [5.41, 5.74) is 0.546. The summed E-state index contributed by atoms with van der Waals surface area (Å²) in [5.74, 6) is -1.21. The van der Waals surface area contributed by atoms with Gasteiger partial charge in [0.25, 0.3) is 5.91 Å². The van der Waals surface area contributed by atoms with Crippen LogP contribution in [-0.4, -0.2) is 39.5 Å². The van der Waals surface area contributed by atoms with Gasteiger partial charge in [0.1, 0.15) is 11.7 Å². The van der Waals surface area contributed by atoms with Crippen LogP contribution in [0.4, 0.5) is 0 Å². The van der Waals surface area contributed by atoms with E-state index in [1.54, 1.807) is 22.9 Å². The van der Waals surface area contributed by atoms with Crippen molar-refractivity contribution in [3.8, 4) is 0 Å². The number of amides is 1. The van der Waals surface area contributed by atoms with Crippen LogP contribution in [0, 0.1) is 0 Å². The molecule has 5 heteroatoms. The quantitative estimate of drug-likeness (QED) is 0.685. The summed E-state index contributed by atoms with van der Waals surface area (Å²) < 4.78 is 1.67. The van der Waals surface area contributed by atoms with Crippen molar-refractivity contribution in [3.05, 3.63) is 24.0 Å². The van der Waals surface area contributed by atoms with Crippen LogP contribution < -0.4 is 0 Å². The van der Waals surface area contributed by atoms with E-state index in [0.717, 1.165) is 0 Å². The number of carboxylic acid groups (broad SMARTS) is 1. The SMILES string of the molecule is CN1C(=O)c2cccn2C[C@@H]1C(=O)O. The molecule has 2 heterocycles. The molecule has 2 rings (SSSR count). The highest BCUT2D eigenvalue weighted by atomic mass is 16.4. The second-order valence-corrected chi connectivity index (χ2v) is 3.32. The normalized spacial score (nSPS) is 20.8. The molecule has 1 aliphatic rings. The summed E-state index contributed by atoms with van der Waals surface area (Å²) in [6.07, 6.45) is 1.72. The number of carboxylic acids is 1. The van der Waals surface area contributed by atoms with Gasteiger partial charge in [-0.2, -0.15) is 0 Å². The van der Waals surface area contributed by atoms with Crippen LogP contribution in [-0.2, 0) is 11.3 Å². The number of nitrogens with zero attached hydrogens (tertiary/aromatic N) is 2. The lowest BCUT2D eigenvalue weighted by Gasteiger charge is -2.30. The third kappa shape index (κ3) is 1.09. The highest BCUT2D eigenvalue weighted by molar-refractivity contribution is 5.96. The van der Waals surface area contributed by atoms with E-state index < -0.39 is 12.0 Å². The summed E-state index contributed by atoms with van der Waals surface area (Å²) >= 11 is 0. The van der Waals surface area contributed by atoms with E-state index >= 15 is 0 Å². The van der Waals surface area contributed by atoms with Crippen LogP contribution >= 0.6 is 0 Å². The second-order valence-electron chi connectivity index (χ2n) is 3.32. The summed E-state index contributed by atoms with van der Waals surface area (Å²) in [4.78, 5) is 23.7. The molecule has 1 aliphatic heterocycles. The summed E-state index contributed by atoms with van der Waals surface area (Å²) in [6, 6.07) is 2.67. The van der Waals surface area contributed by atoms with Gasteiger partial charge in [-0.25, -0.2) is 4.79 Å². The molecule has 0 bridgehead atoms. The molecule has 1 N–H and O–H groups in total. The van der Waals surface area contributed by atoms with Gasteiger partial charge >= 0.3 is 5.97 Å². The van der Waals surface area contributed by atoms with Gasteiger partial charge in [0.2, 0.25) is 0 Å². The molecular formula is C9H10N2O3. The Bertz CT molecular complexity index is 397. The topological polar surface area (TPSA) is 62.5 Å². The third-order valence-corrected chi connectivity index (χ3v) is 2.49. The minimum absolute atomic E-state index is 0.242. The number of carbonyl (C=O) groups excluding carboxylic acids is 1. The highest BCUT2D eigenvalue weighted by Crippen LogP contribution is 2.16. The minimum Gasteiger partial charge on any atom is -0.480 e. The molecule has 1 aromatic rings. The van der Waals surface area contributed by atoms with E-state index in [0.29, 0.717) is 12.2 Å². The molecule has 1 amide bonds. The van der Waals surface area contributed by atoms with Crippen LogP contribution in [0.5, 0.6) is 0 Å². The zero-order valence-corrected chi connectivity index (χ0v) is 7.67. The van der Waals surface area contributed by atoms with Crippen LogP contribution in [0.15, 0.2) is 18.3 Å². The Morgan fingerprint density at radius 2 is 2.36 bits per heavy atom. The van der Waals surface area contributed by atoms with E-state index in [1.165, 1.54) is 11.9 Å². The first-order valence-electron chi connectivity index (χ1n) is 4.26. The molecule has 74 valence electrons. The van der Waals surface area contributed by atoms with Crippen molar-refractivity contribution >= 4 is 11.9 Å². The number of carbonyl (C=O) groups is 2. The fourth-order valence-corrected chi connectivity index (χ4v) is 1.64. The lowest BCUT2D eigenvalue weighted by molar-refractivity contribution is -0.142. The third-order valence-electron chi connectivity index (χ3n) is 2.49. The second kappa shape index (κ2) is 2.87. The van der Waals surface area contributed by atoms with Crippen molar-refractivity contribution in [1.82, 2.24) is 9.47 Å². The Kier molecular flexibility index (Phi) is 1.80. The Morgan fingerprint density at radius 1 is 1.64 bits per heavy atom. The number of aromatic nitrogens is 1. The van der Waals surface area contributed by atoms with Gasteiger partial charge in [-0.3, -0.25) is 4.79 Å². The summed E-state index contributed by atoms with van der Waals surface area (Å²) in [6.45, 7) is 0.319. The van der Waals surface area contributed by atoms with Gasteiger partial charge in [-0.05, 0) is 12.1 Å². The van der Waals surface area contributed by atoms with E-state index in [1.807, 2.05) is 0 Å². The van der Waals surface area contributed by atoms with Crippen molar-refractivity contribution < 1.29 is 14.7 Å². The maximum Gasteiger partial charge on any atom is 0.328 e. The molecule has 14 heavy (non-hydrogen) atoms. The maximum atomic E-state index is 11.6. The number of likely N-dealkylation sites (N-methyl/N-ethyl adjacent to an activating group) is 1. The van der Waals surface area contributed by atoms with Gasteiger partial charge in [0.05, 0.1) is 6.54 Å². The van der Waals surface area contributed by atoms with Gasteiger partial charge in [-0.15, -0.1) is 0 Å². The van der Waals surface area contributed by atoms with Gasteiger partial charge in [0, 0.05) is 13.2 Å². The molecule has 1 atom stereocenters. The van der Waals surface area contributed by atoms with Gasteiger partial charge < -0.3 is 14.6 Å². The van der Waals surface area contributed by atoms with Crippen LogP contribution in [0.2, 0.25) is 0 Å². The largest absolute Gasteiger partial charge is 0.480 e. The molecule has 0 saturated heterocycles. The molecule has 0 saturated carbocycles. The van der Waals surface area contributed by atoms with Crippen molar-refractivity contribution in [1.29, 1.82) is 0 Å². The van der Waals surface area contributed by atoms with Crippen LogP contribution in [0.3, 0.4) is 0 Å². The summed E-state index contributed by atoms with van der Waals surface area (Å²) in [7, 11) is 1.51. The number of hydrogen-bond donors (Lipinski definition) is 1. The maximum absolute atomic E-state index is 11.6. The Hall–Kier alpha value is -1.78. The predicted octanol–water partition coefficient (Wildman–Crippen LogP) is 0.0269. The molecule has 0 fully saturated rings. The first-order chi connectivity index (χ1) is 6.61. The van der Waals surface area contributed by atoms with Gasteiger partial charge in [0.15, 0.2) is 0 Å². The lowest BCUT2D eigenvalue weighted by atomic mass is 10.2. The molecule has 0 radical (unpaired) electrons. The molecular weight excluding hydrogens is 184 g/mol. The smallest absolute Gasteiger partial charge is 0.328 e. The number of fused-ring (bicyclic) bond motifs is 1. The lowest BCUT2D eigenvalue weighted by Crippen LogP contribution is -2.49. The average molecular weight is 194 g/mol. The zero-order valence-electron chi connectivity index (χ0n) is 7.67. The Morgan fingerprint density at radius 3 is 3.00 bits per heavy atom. The van der Waals surface area contributed by atoms with Crippen molar-refractivity contribution in [2.24, 2.45) is 0 Å². The first-order valence-corrected chi connectivity index (χ1v) is 4.26. The Labute approximate surface area is 80.5 Å². The first kappa shape index (κ1) is 8.80. The molecule has 0 spiro atoms. The number of hydrogen-bond acceptors (Lipinski definition) is 2. The fraction of sp³-hybridized carbons (Fsp3) is 0.333. The van der Waals surface area contributed by atoms with Gasteiger partial charge in [-0.1, -0.05) is 0 Å². The molecule has 1 aromatic heterocycles. The fourth-order valence-electron chi connectivity index (χ4n) is 1.64. The van der Waals surface area contributed by atoms with Crippen molar-refractivity contribution in [3.63, 3.8) is 0 Å². The number of rotatable bonds is 1. The average Bonchev–Trinajstić information content (AvgIpc) is 2.58. The van der Waals surface area contributed by atoms with E-state index in [-0.39, 0.29) is 5.91 Å². The molecule has 0 unspecified atom stereocenters. The Balaban J connectivity index is 2.42. The van der Waals surface area contributed by atoms with Crippen LogP contribution in [0.1, 0.15) is 10.5 Å². The molecule has 0 aliphatic carbocycles. The standard InChI is InChI=1S/C9H10N2O3/c1-10-7(9(13)14)5-11-4-2-3-6(11)8(10)12/h2-4,7H,5H2,1H3,(H,13,14)/t7-/m1/s1. The highest BCUT2D eigenvalue weighted by Gasteiger charge is 2.33. The minimum atomic E-state index is -0.972. The zero-order chi connectivity index (χ0) is 10.3. The van der Waals surface area contributed by atoms with Crippen LogP contribution in [0.25, 0.3) is 0 Å². The summed E-state index contributed by atoms with van der Waals surface area (Å²) in [5, 5.41) is 8.88. The van der Waals surface area contributed by atoms with Crippen molar-refractivity contribution in [2.75, 3.05) is 7.05 Å². The molecule has 0 aromatic carbocycles. The predicted molar refractivity (Wildman–Crippen MR) is 47.9 cm³/mol. The molecule has 5 nitrogen and oxygen atoms in total. The van der Waals surface area contributed by atoms with Crippen molar-refractivity contribution in [2.45, 2.75) is 12.6 Å². The monoisotopic (exact) mass is 194 g/mol. The van der Waals surface area contributed by atoms with E-state index in [2.05, 4.69) is 0 Å².